The maximum Gasteiger partial charge on any atom is 0.243 e. The lowest BCUT2D eigenvalue weighted by Crippen LogP contribution is -2.41. The molecule has 0 aliphatic carbocycles. The standard InChI is InChI=1S/C22H23ClN4O4S/c1-14-6-7-20(19(23)12-14)25-22(28)16-8-10-27(11-9-16)32(29,30)18-5-3-4-17(13-18)21-24-15(2)31-26-21/h3-7,12-13,16H,8-11H2,1-2H3,(H,25,28). The summed E-state index contributed by atoms with van der Waals surface area (Å²) < 4.78 is 32.7. The topological polar surface area (TPSA) is 105 Å². The Morgan fingerprint density at radius 1 is 1.16 bits per heavy atom. The van der Waals surface area contributed by atoms with Crippen LogP contribution in [0.3, 0.4) is 0 Å². The van der Waals surface area contributed by atoms with Crippen LogP contribution in [0, 0.1) is 19.8 Å². The molecule has 1 N–H and O–H groups in total. The van der Waals surface area contributed by atoms with Crippen LogP contribution in [0.15, 0.2) is 51.9 Å². The molecular weight excluding hydrogens is 452 g/mol. The number of aryl methyl sites for hydroxylation is 2. The van der Waals surface area contributed by atoms with E-state index in [-0.39, 0.29) is 29.8 Å². The largest absolute Gasteiger partial charge is 0.339 e. The van der Waals surface area contributed by atoms with E-state index < -0.39 is 10.0 Å². The Morgan fingerprint density at radius 2 is 1.91 bits per heavy atom. The Labute approximate surface area is 191 Å². The molecule has 0 unspecified atom stereocenters. The van der Waals surface area contributed by atoms with Crippen molar-refractivity contribution in [3.8, 4) is 11.4 Å². The van der Waals surface area contributed by atoms with Gasteiger partial charge >= 0.3 is 0 Å². The SMILES string of the molecule is Cc1ccc(NC(=O)C2CCN(S(=O)(=O)c3cccc(-c4noc(C)n4)c3)CC2)c(Cl)c1. The average Bonchev–Trinajstić information content (AvgIpc) is 3.22. The molecule has 0 spiro atoms. The van der Waals surface area contributed by atoms with E-state index >= 15 is 0 Å². The van der Waals surface area contributed by atoms with Gasteiger partial charge in [-0.15, -0.1) is 0 Å². The summed E-state index contributed by atoms with van der Waals surface area (Å²) in [5.74, 6) is 0.306. The molecule has 10 heteroatoms. The number of anilines is 1. The maximum absolute atomic E-state index is 13.2. The van der Waals surface area contributed by atoms with Crippen LogP contribution in [0.1, 0.15) is 24.3 Å². The lowest BCUT2D eigenvalue weighted by Gasteiger charge is -2.30. The van der Waals surface area contributed by atoms with Crippen molar-refractivity contribution in [1.29, 1.82) is 0 Å². The number of hydrogen-bond acceptors (Lipinski definition) is 6. The molecule has 1 aromatic heterocycles. The van der Waals surface area contributed by atoms with Crippen LogP contribution in [-0.2, 0) is 14.8 Å². The van der Waals surface area contributed by atoms with E-state index in [0.29, 0.717) is 40.8 Å². The van der Waals surface area contributed by atoms with Gasteiger partial charge in [-0.25, -0.2) is 8.42 Å². The number of carbonyl (C=O) groups excluding carboxylic acids is 1. The third-order valence-electron chi connectivity index (χ3n) is 5.46. The van der Waals surface area contributed by atoms with Crippen molar-refractivity contribution in [2.75, 3.05) is 18.4 Å². The Balaban J connectivity index is 1.43. The van der Waals surface area contributed by atoms with E-state index in [2.05, 4.69) is 15.5 Å². The van der Waals surface area contributed by atoms with E-state index in [1.54, 1.807) is 37.3 Å². The Bertz CT molecular complexity index is 1250. The molecule has 1 saturated heterocycles. The van der Waals surface area contributed by atoms with Crippen LogP contribution in [0.2, 0.25) is 5.02 Å². The van der Waals surface area contributed by atoms with E-state index in [0.717, 1.165) is 5.56 Å². The number of carbonyl (C=O) groups is 1. The summed E-state index contributed by atoms with van der Waals surface area (Å²) in [5, 5.41) is 7.19. The number of sulfonamides is 1. The van der Waals surface area contributed by atoms with E-state index in [9.17, 15) is 13.2 Å². The molecule has 0 radical (unpaired) electrons. The van der Waals surface area contributed by atoms with E-state index in [1.807, 2.05) is 13.0 Å². The van der Waals surface area contributed by atoms with Crippen molar-refractivity contribution in [2.24, 2.45) is 5.92 Å². The molecule has 1 aliphatic rings. The summed E-state index contributed by atoms with van der Waals surface area (Å²) in [4.78, 5) is 17.0. The number of rotatable bonds is 5. The van der Waals surface area contributed by atoms with Gasteiger partial charge in [-0.1, -0.05) is 35.0 Å². The second-order valence-electron chi connectivity index (χ2n) is 7.82. The van der Waals surface area contributed by atoms with Crippen molar-refractivity contribution >= 4 is 33.2 Å². The van der Waals surface area contributed by atoms with Gasteiger partial charge in [0.25, 0.3) is 0 Å². The molecule has 1 aliphatic heterocycles. The number of nitrogens with one attached hydrogen (secondary N) is 1. The minimum Gasteiger partial charge on any atom is -0.339 e. The summed E-state index contributed by atoms with van der Waals surface area (Å²) in [6, 6.07) is 11.9. The van der Waals surface area contributed by atoms with Gasteiger partial charge in [0.2, 0.25) is 27.6 Å². The lowest BCUT2D eigenvalue weighted by molar-refractivity contribution is -0.120. The second kappa shape index (κ2) is 9.01. The molecule has 0 saturated carbocycles. The number of nitrogens with zero attached hydrogens (tertiary/aromatic N) is 3. The molecular formula is C22H23ClN4O4S. The minimum atomic E-state index is -3.71. The molecule has 4 rings (SSSR count). The van der Waals surface area contributed by atoms with Crippen LogP contribution in [0.25, 0.3) is 11.4 Å². The predicted octanol–water partition coefficient (Wildman–Crippen LogP) is 4.05. The van der Waals surface area contributed by atoms with Crippen LogP contribution >= 0.6 is 11.6 Å². The molecule has 0 atom stereocenters. The molecule has 0 bridgehead atoms. The van der Waals surface area contributed by atoms with Gasteiger partial charge in [-0.3, -0.25) is 4.79 Å². The van der Waals surface area contributed by atoms with Crippen molar-refractivity contribution in [2.45, 2.75) is 31.6 Å². The fourth-order valence-corrected chi connectivity index (χ4v) is 5.47. The number of amides is 1. The zero-order valence-electron chi connectivity index (χ0n) is 17.7. The first kappa shape index (κ1) is 22.4. The van der Waals surface area contributed by atoms with Gasteiger partial charge in [-0.2, -0.15) is 9.29 Å². The smallest absolute Gasteiger partial charge is 0.243 e. The van der Waals surface area contributed by atoms with Crippen molar-refractivity contribution in [3.05, 3.63) is 58.9 Å². The van der Waals surface area contributed by atoms with Gasteiger partial charge in [-0.05, 0) is 49.6 Å². The summed E-state index contributed by atoms with van der Waals surface area (Å²) in [6.45, 7) is 4.11. The number of halogens is 1. The van der Waals surface area contributed by atoms with Crippen LogP contribution in [-0.4, -0.2) is 41.9 Å². The average molecular weight is 475 g/mol. The fourth-order valence-electron chi connectivity index (χ4n) is 3.68. The number of piperidine rings is 1. The Morgan fingerprint density at radius 3 is 2.56 bits per heavy atom. The minimum absolute atomic E-state index is 0.151. The highest BCUT2D eigenvalue weighted by Gasteiger charge is 2.32. The van der Waals surface area contributed by atoms with Gasteiger partial charge in [0.1, 0.15) is 0 Å². The molecule has 168 valence electrons. The van der Waals surface area contributed by atoms with E-state index in [1.165, 1.54) is 10.4 Å². The van der Waals surface area contributed by atoms with Gasteiger partial charge < -0.3 is 9.84 Å². The third kappa shape index (κ3) is 4.69. The predicted molar refractivity (Wildman–Crippen MR) is 121 cm³/mol. The summed E-state index contributed by atoms with van der Waals surface area (Å²) in [6.07, 6.45) is 0.858. The van der Waals surface area contributed by atoms with Gasteiger partial charge in [0.15, 0.2) is 0 Å². The second-order valence-corrected chi connectivity index (χ2v) is 10.2. The fraction of sp³-hybridized carbons (Fsp3) is 0.318. The first-order valence-corrected chi connectivity index (χ1v) is 12.0. The molecule has 2 aromatic carbocycles. The number of benzene rings is 2. The molecule has 1 fully saturated rings. The summed E-state index contributed by atoms with van der Waals surface area (Å²) in [7, 11) is -3.71. The van der Waals surface area contributed by atoms with E-state index in [4.69, 9.17) is 16.1 Å². The van der Waals surface area contributed by atoms with Gasteiger partial charge in [0.05, 0.1) is 15.6 Å². The Hall–Kier alpha value is -2.75. The zero-order chi connectivity index (χ0) is 22.9. The highest BCUT2D eigenvalue weighted by Crippen LogP contribution is 2.28. The van der Waals surface area contributed by atoms with Crippen molar-refractivity contribution < 1.29 is 17.7 Å². The van der Waals surface area contributed by atoms with Crippen LogP contribution in [0.5, 0.6) is 0 Å². The summed E-state index contributed by atoms with van der Waals surface area (Å²) in [5.41, 5.74) is 2.13. The molecule has 32 heavy (non-hydrogen) atoms. The normalized spacial score (nSPS) is 15.6. The third-order valence-corrected chi connectivity index (χ3v) is 7.67. The quantitative estimate of drug-likeness (QED) is 0.598. The molecule has 3 aromatic rings. The maximum atomic E-state index is 13.2. The molecule has 2 heterocycles. The Kier molecular flexibility index (Phi) is 6.32. The first-order valence-electron chi connectivity index (χ1n) is 10.2. The van der Waals surface area contributed by atoms with Crippen LogP contribution < -0.4 is 5.32 Å². The van der Waals surface area contributed by atoms with Crippen molar-refractivity contribution in [1.82, 2.24) is 14.4 Å². The number of aromatic nitrogens is 2. The summed E-state index contributed by atoms with van der Waals surface area (Å²) >= 11 is 6.20. The first-order chi connectivity index (χ1) is 15.2. The highest BCUT2D eigenvalue weighted by atomic mass is 35.5. The number of hydrogen-bond donors (Lipinski definition) is 1. The monoisotopic (exact) mass is 474 g/mol. The molecule has 8 nitrogen and oxygen atoms in total. The zero-order valence-corrected chi connectivity index (χ0v) is 19.3. The van der Waals surface area contributed by atoms with Crippen LogP contribution in [0.4, 0.5) is 5.69 Å². The highest BCUT2D eigenvalue weighted by molar-refractivity contribution is 7.89. The molecule has 1 amide bonds. The lowest BCUT2D eigenvalue weighted by atomic mass is 9.97. The van der Waals surface area contributed by atoms with Gasteiger partial charge in [0, 0.05) is 31.5 Å². The van der Waals surface area contributed by atoms with Crippen molar-refractivity contribution in [3.63, 3.8) is 0 Å².